The highest BCUT2D eigenvalue weighted by Gasteiger charge is 2.12. The number of nitriles is 1. The van der Waals surface area contributed by atoms with Crippen molar-refractivity contribution in [1.82, 2.24) is 0 Å². The number of rotatable bonds is 2. The van der Waals surface area contributed by atoms with E-state index in [1.807, 2.05) is 0 Å². The summed E-state index contributed by atoms with van der Waals surface area (Å²) in [5.41, 5.74) is 1.85. The van der Waals surface area contributed by atoms with Crippen LogP contribution in [0.3, 0.4) is 0 Å². The molecule has 3 aromatic carbocycles. The Morgan fingerprint density at radius 1 is 1.05 bits per heavy atom. The van der Waals surface area contributed by atoms with E-state index < -0.39 is 5.97 Å². The lowest BCUT2D eigenvalue weighted by Crippen LogP contribution is -1.96. The Bertz CT molecular complexity index is 924. The quantitative estimate of drug-likeness (QED) is 0.769. The van der Waals surface area contributed by atoms with Gasteiger partial charge in [-0.1, -0.05) is 24.3 Å². The fourth-order valence-electron chi connectivity index (χ4n) is 2.47. The molecule has 0 bridgehead atoms. The average Bonchev–Trinajstić information content (AvgIpc) is 2.54. The van der Waals surface area contributed by atoms with E-state index >= 15 is 0 Å². The largest absolute Gasteiger partial charge is 0.478 e. The molecule has 0 atom stereocenters. The van der Waals surface area contributed by atoms with Crippen molar-refractivity contribution in [1.29, 1.82) is 5.26 Å². The van der Waals surface area contributed by atoms with E-state index in [9.17, 15) is 14.4 Å². The predicted molar refractivity (Wildman–Crippen MR) is 81.0 cm³/mol. The minimum atomic E-state index is -1.03. The molecule has 3 aromatic rings. The Hall–Kier alpha value is -3.19. The van der Waals surface area contributed by atoms with Crippen LogP contribution >= 0.6 is 0 Å². The fourth-order valence-corrected chi connectivity index (χ4v) is 2.47. The lowest BCUT2D eigenvalue weighted by atomic mass is 9.92. The molecule has 0 heterocycles. The van der Waals surface area contributed by atoms with Gasteiger partial charge < -0.3 is 5.11 Å². The van der Waals surface area contributed by atoms with Gasteiger partial charge in [-0.25, -0.2) is 9.18 Å². The molecule has 0 saturated heterocycles. The van der Waals surface area contributed by atoms with Crippen molar-refractivity contribution in [2.24, 2.45) is 0 Å². The maximum Gasteiger partial charge on any atom is 0.335 e. The van der Waals surface area contributed by atoms with Crippen molar-refractivity contribution < 1.29 is 14.3 Å². The summed E-state index contributed by atoms with van der Waals surface area (Å²) in [5.74, 6) is -1.40. The summed E-state index contributed by atoms with van der Waals surface area (Å²) in [6.45, 7) is 0. The summed E-state index contributed by atoms with van der Waals surface area (Å²) in [6.07, 6.45) is 0. The first kappa shape index (κ1) is 13.8. The lowest BCUT2D eigenvalue weighted by Gasteiger charge is -2.10. The molecule has 0 amide bonds. The highest BCUT2D eigenvalue weighted by Crippen LogP contribution is 2.32. The van der Waals surface area contributed by atoms with Crippen molar-refractivity contribution >= 4 is 16.7 Å². The van der Waals surface area contributed by atoms with Gasteiger partial charge in [-0.3, -0.25) is 0 Å². The molecule has 1 N–H and O–H groups in total. The number of halogens is 1. The Labute approximate surface area is 125 Å². The van der Waals surface area contributed by atoms with Crippen LogP contribution in [0.15, 0.2) is 54.6 Å². The van der Waals surface area contributed by atoms with Gasteiger partial charge in [-0.15, -0.1) is 0 Å². The molecule has 0 aromatic heterocycles. The van der Waals surface area contributed by atoms with Crippen molar-refractivity contribution in [3.8, 4) is 17.2 Å². The van der Waals surface area contributed by atoms with Crippen molar-refractivity contribution in [3.05, 3.63) is 71.5 Å². The summed E-state index contributed by atoms with van der Waals surface area (Å²) >= 11 is 0. The van der Waals surface area contributed by atoms with Gasteiger partial charge in [0.25, 0.3) is 0 Å². The number of nitrogens with zero attached hydrogens (tertiary/aromatic N) is 1. The molecular formula is C18H10FNO2. The standard InChI is InChI=1S/C18H10FNO2/c19-15-7-5-12(6-8-15)17-14(10-20)4-2-11-1-3-13(18(21)22)9-16(11)17/h1-9H,(H,21,22). The number of carboxylic acid groups (broad SMARTS) is 1. The van der Waals surface area contributed by atoms with Crippen LogP contribution in [-0.4, -0.2) is 11.1 Å². The zero-order valence-electron chi connectivity index (χ0n) is 11.4. The molecule has 106 valence electrons. The molecule has 3 nitrogen and oxygen atoms in total. The molecule has 0 radical (unpaired) electrons. The molecule has 0 aliphatic carbocycles. The van der Waals surface area contributed by atoms with Crippen LogP contribution in [0.2, 0.25) is 0 Å². The fraction of sp³-hybridized carbons (Fsp3) is 0. The summed E-state index contributed by atoms with van der Waals surface area (Å²) in [6, 6.07) is 16.1. The summed E-state index contributed by atoms with van der Waals surface area (Å²) in [4.78, 5) is 11.2. The van der Waals surface area contributed by atoms with E-state index in [0.717, 1.165) is 5.39 Å². The van der Waals surface area contributed by atoms with E-state index in [1.165, 1.54) is 24.3 Å². The van der Waals surface area contributed by atoms with Gasteiger partial charge in [0.05, 0.1) is 17.2 Å². The minimum Gasteiger partial charge on any atom is -0.478 e. The minimum absolute atomic E-state index is 0.144. The first-order valence-corrected chi connectivity index (χ1v) is 6.56. The van der Waals surface area contributed by atoms with E-state index in [-0.39, 0.29) is 11.4 Å². The van der Waals surface area contributed by atoms with Crippen LogP contribution in [0.5, 0.6) is 0 Å². The summed E-state index contributed by atoms with van der Waals surface area (Å²) in [7, 11) is 0. The van der Waals surface area contributed by atoms with Gasteiger partial charge >= 0.3 is 5.97 Å². The van der Waals surface area contributed by atoms with E-state index in [2.05, 4.69) is 6.07 Å². The molecular weight excluding hydrogens is 281 g/mol. The molecule has 0 saturated carbocycles. The Balaban J connectivity index is 2.38. The third-order valence-electron chi connectivity index (χ3n) is 3.52. The number of hydrogen-bond acceptors (Lipinski definition) is 2. The topological polar surface area (TPSA) is 61.1 Å². The van der Waals surface area contributed by atoms with Gasteiger partial charge in [0, 0.05) is 5.56 Å². The number of fused-ring (bicyclic) bond motifs is 1. The molecule has 0 aliphatic heterocycles. The number of hydrogen-bond donors (Lipinski definition) is 1. The second-order valence-corrected chi connectivity index (χ2v) is 4.85. The summed E-state index contributed by atoms with van der Waals surface area (Å²) in [5, 5.41) is 20.0. The number of carbonyl (C=O) groups is 1. The number of benzene rings is 3. The van der Waals surface area contributed by atoms with Crippen LogP contribution in [-0.2, 0) is 0 Å². The van der Waals surface area contributed by atoms with Crippen molar-refractivity contribution in [2.75, 3.05) is 0 Å². The van der Waals surface area contributed by atoms with Crippen LogP contribution in [0.25, 0.3) is 21.9 Å². The maximum absolute atomic E-state index is 13.1. The SMILES string of the molecule is N#Cc1ccc2ccc(C(=O)O)cc2c1-c1ccc(F)cc1. The van der Waals surface area contributed by atoms with Crippen molar-refractivity contribution in [2.45, 2.75) is 0 Å². The van der Waals surface area contributed by atoms with Gasteiger partial charge in [-0.2, -0.15) is 5.26 Å². The zero-order valence-corrected chi connectivity index (χ0v) is 11.4. The van der Waals surface area contributed by atoms with Gasteiger partial charge in [0.2, 0.25) is 0 Å². The van der Waals surface area contributed by atoms with Crippen LogP contribution in [0, 0.1) is 17.1 Å². The van der Waals surface area contributed by atoms with Gasteiger partial charge in [-0.05, 0) is 46.7 Å². The molecule has 0 unspecified atom stereocenters. The Kier molecular flexibility index (Phi) is 3.32. The van der Waals surface area contributed by atoms with Crippen molar-refractivity contribution in [3.63, 3.8) is 0 Å². The highest BCUT2D eigenvalue weighted by molar-refractivity contribution is 6.03. The third-order valence-corrected chi connectivity index (χ3v) is 3.52. The van der Waals surface area contributed by atoms with E-state index in [4.69, 9.17) is 5.11 Å². The molecule has 22 heavy (non-hydrogen) atoms. The second-order valence-electron chi connectivity index (χ2n) is 4.85. The number of aromatic carboxylic acids is 1. The van der Waals surface area contributed by atoms with Crippen LogP contribution < -0.4 is 0 Å². The summed E-state index contributed by atoms with van der Waals surface area (Å²) < 4.78 is 13.1. The molecule has 0 fully saturated rings. The highest BCUT2D eigenvalue weighted by atomic mass is 19.1. The predicted octanol–water partition coefficient (Wildman–Crippen LogP) is 4.22. The first-order chi connectivity index (χ1) is 10.6. The van der Waals surface area contributed by atoms with E-state index in [1.54, 1.807) is 30.3 Å². The smallest absolute Gasteiger partial charge is 0.335 e. The Morgan fingerprint density at radius 3 is 2.36 bits per heavy atom. The van der Waals surface area contributed by atoms with Crippen LogP contribution in [0.1, 0.15) is 15.9 Å². The monoisotopic (exact) mass is 291 g/mol. The Morgan fingerprint density at radius 2 is 1.73 bits per heavy atom. The first-order valence-electron chi connectivity index (χ1n) is 6.56. The molecule has 0 spiro atoms. The third kappa shape index (κ3) is 2.29. The molecule has 0 aliphatic rings. The zero-order chi connectivity index (χ0) is 15.7. The van der Waals surface area contributed by atoms with Gasteiger partial charge in [0.1, 0.15) is 5.82 Å². The number of carboxylic acids is 1. The van der Waals surface area contributed by atoms with E-state index in [0.29, 0.717) is 22.1 Å². The lowest BCUT2D eigenvalue weighted by molar-refractivity contribution is 0.0697. The molecule has 3 rings (SSSR count). The van der Waals surface area contributed by atoms with Crippen LogP contribution in [0.4, 0.5) is 4.39 Å². The second kappa shape index (κ2) is 5.30. The van der Waals surface area contributed by atoms with Gasteiger partial charge in [0.15, 0.2) is 0 Å². The maximum atomic E-state index is 13.1. The molecule has 4 heteroatoms. The average molecular weight is 291 g/mol. The normalized spacial score (nSPS) is 10.4.